The minimum Gasteiger partial charge on any atom is -0.480 e. The summed E-state index contributed by atoms with van der Waals surface area (Å²) < 4.78 is 0. The largest absolute Gasteiger partial charge is 0.480 e. The quantitative estimate of drug-likeness (QED) is 0.818. The number of aliphatic carboxylic acids is 1. The molecule has 1 rings (SSSR count). The Hall–Kier alpha value is -1.59. The number of likely N-dealkylation sites (tertiary alicyclic amines) is 1. The van der Waals surface area contributed by atoms with Crippen molar-refractivity contribution in [2.24, 2.45) is 11.3 Å². The second kappa shape index (κ2) is 6.91. The highest BCUT2D eigenvalue weighted by atomic mass is 16.4. The van der Waals surface area contributed by atoms with Crippen molar-refractivity contribution < 1.29 is 19.5 Å². The van der Waals surface area contributed by atoms with Crippen molar-refractivity contribution in [3.8, 4) is 0 Å². The molecule has 1 heterocycles. The Labute approximate surface area is 125 Å². The van der Waals surface area contributed by atoms with Crippen molar-refractivity contribution in [1.29, 1.82) is 0 Å². The molecule has 2 atom stereocenters. The number of carbonyl (C=O) groups excluding carboxylic acids is 2. The van der Waals surface area contributed by atoms with Crippen LogP contribution in [0.3, 0.4) is 0 Å². The molecule has 6 heteroatoms. The number of carboxylic acids is 1. The molecule has 0 spiro atoms. The fraction of sp³-hybridized carbons (Fsp3) is 0.800. The van der Waals surface area contributed by atoms with Crippen LogP contribution in [0.15, 0.2) is 0 Å². The Balaban J connectivity index is 2.63. The number of rotatable bonds is 4. The fourth-order valence-electron chi connectivity index (χ4n) is 2.46. The molecule has 0 aromatic heterocycles. The standard InChI is InChI=1S/C15H26N2O4/c1-5-10-6-7-17(11(8-10)13(19)20)12(18)9-16-14(21)15(2,3)4/h10-11H,5-9H2,1-4H3,(H,16,21)(H,19,20). The van der Waals surface area contributed by atoms with Gasteiger partial charge in [-0.25, -0.2) is 4.79 Å². The molecule has 1 fully saturated rings. The lowest BCUT2D eigenvalue weighted by molar-refractivity contribution is -0.153. The summed E-state index contributed by atoms with van der Waals surface area (Å²) >= 11 is 0. The molecule has 0 bridgehead atoms. The van der Waals surface area contributed by atoms with Gasteiger partial charge in [-0.1, -0.05) is 34.1 Å². The molecule has 1 aliphatic heterocycles. The van der Waals surface area contributed by atoms with Gasteiger partial charge in [-0.05, 0) is 18.8 Å². The van der Waals surface area contributed by atoms with Crippen LogP contribution in [-0.2, 0) is 14.4 Å². The minimum atomic E-state index is -0.969. The van der Waals surface area contributed by atoms with Crippen molar-refractivity contribution in [3.05, 3.63) is 0 Å². The summed E-state index contributed by atoms with van der Waals surface area (Å²) in [7, 11) is 0. The van der Waals surface area contributed by atoms with Gasteiger partial charge in [0.15, 0.2) is 0 Å². The van der Waals surface area contributed by atoms with E-state index in [9.17, 15) is 19.5 Å². The average molecular weight is 298 g/mol. The van der Waals surface area contributed by atoms with Gasteiger partial charge in [0.1, 0.15) is 6.04 Å². The second-order valence-electron chi connectivity index (χ2n) is 6.67. The van der Waals surface area contributed by atoms with E-state index in [1.54, 1.807) is 20.8 Å². The molecule has 1 saturated heterocycles. The van der Waals surface area contributed by atoms with Crippen LogP contribution >= 0.6 is 0 Å². The van der Waals surface area contributed by atoms with Crippen LogP contribution in [-0.4, -0.2) is 46.9 Å². The maximum atomic E-state index is 12.2. The lowest BCUT2D eigenvalue weighted by Crippen LogP contribution is -2.53. The summed E-state index contributed by atoms with van der Waals surface area (Å²) in [6, 6.07) is -0.775. The molecule has 2 N–H and O–H groups in total. The van der Waals surface area contributed by atoms with Gasteiger partial charge in [0.2, 0.25) is 11.8 Å². The lowest BCUT2D eigenvalue weighted by Gasteiger charge is -2.37. The van der Waals surface area contributed by atoms with Gasteiger partial charge in [-0.15, -0.1) is 0 Å². The van der Waals surface area contributed by atoms with Gasteiger partial charge in [-0.3, -0.25) is 9.59 Å². The normalized spacial score (nSPS) is 22.8. The van der Waals surface area contributed by atoms with Crippen LogP contribution in [0.2, 0.25) is 0 Å². The number of amides is 2. The third-order valence-electron chi connectivity index (χ3n) is 3.98. The number of carboxylic acid groups (broad SMARTS) is 1. The number of piperidine rings is 1. The van der Waals surface area contributed by atoms with Crippen molar-refractivity contribution in [2.75, 3.05) is 13.1 Å². The minimum absolute atomic E-state index is 0.142. The maximum absolute atomic E-state index is 12.2. The van der Waals surface area contributed by atoms with Gasteiger partial charge < -0.3 is 15.3 Å². The number of nitrogens with zero attached hydrogens (tertiary/aromatic N) is 1. The Morgan fingerprint density at radius 2 is 1.90 bits per heavy atom. The molecule has 0 aliphatic carbocycles. The first kappa shape index (κ1) is 17.5. The van der Waals surface area contributed by atoms with Gasteiger partial charge >= 0.3 is 5.97 Å². The van der Waals surface area contributed by atoms with Gasteiger partial charge in [0.25, 0.3) is 0 Å². The van der Waals surface area contributed by atoms with Crippen molar-refractivity contribution in [1.82, 2.24) is 10.2 Å². The van der Waals surface area contributed by atoms with Crippen molar-refractivity contribution in [3.63, 3.8) is 0 Å². The highest BCUT2D eigenvalue weighted by molar-refractivity contribution is 5.89. The predicted octanol–water partition coefficient (Wildman–Crippen LogP) is 1.25. The van der Waals surface area contributed by atoms with Gasteiger partial charge in [-0.2, -0.15) is 0 Å². The topological polar surface area (TPSA) is 86.7 Å². The molecule has 2 amide bonds. The number of hydrogen-bond donors (Lipinski definition) is 2. The molecule has 120 valence electrons. The first-order valence-corrected chi connectivity index (χ1v) is 7.47. The summed E-state index contributed by atoms with van der Waals surface area (Å²) in [5.74, 6) is -1.16. The van der Waals surface area contributed by atoms with Crippen molar-refractivity contribution in [2.45, 2.75) is 53.0 Å². The molecule has 0 saturated carbocycles. The van der Waals surface area contributed by atoms with Crippen molar-refractivity contribution >= 4 is 17.8 Å². The molecule has 21 heavy (non-hydrogen) atoms. The Morgan fingerprint density at radius 3 is 2.38 bits per heavy atom. The molecule has 2 unspecified atom stereocenters. The number of carbonyl (C=O) groups is 3. The van der Waals surface area contributed by atoms with Gasteiger partial charge in [0.05, 0.1) is 6.54 Å². The second-order valence-corrected chi connectivity index (χ2v) is 6.67. The zero-order valence-corrected chi connectivity index (χ0v) is 13.3. The van der Waals surface area contributed by atoms with E-state index in [0.717, 1.165) is 12.8 Å². The zero-order chi connectivity index (χ0) is 16.2. The smallest absolute Gasteiger partial charge is 0.326 e. The summed E-state index contributed by atoms with van der Waals surface area (Å²) in [5, 5.41) is 11.9. The van der Waals surface area contributed by atoms with Crippen LogP contribution in [0.25, 0.3) is 0 Å². The van der Waals surface area contributed by atoms with E-state index in [-0.39, 0.29) is 18.4 Å². The molecule has 0 aromatic carbocycles. The zero-order valence-electron chi connectivity index (χ0n) is 13.3. The Kier molecular flexibility index (Phi) is 5.75. The molecule has 0 aromatic rings. The van der Waals surface area contributed by atoms with Crippen LogP contribution < -0.4 is 5.32 Å². The third-order valence-corrected chi connectivity index (χ3v) is 3.98. The highest BCUT2D eigenvalue weighted by Gasteiger charge is 2.35. The molecular formula is C15H26N2O4. The van der Waals surface area contributed by atoms with Crippen LogP contribution in [0, 0.1) is 11.3 Å². The van der Waals surface area contributed by atoms with E-state index in [1.165, 1.54) is 4.90 Å². The van der Waals surface area contributed by atoms with E-state index in [2.05, 4.69) is 5.32 Å². The monoisotopic (exact) mass is 298 g/mol. The molecule has 1 aliphatic rings. The van der Waals surface area contributed by atoms with Gasteiger partial charge in [0, 0.05) is 12.0 Å². The van der Waals surface area contributed by atoms with E-state index in [1.807, 2.05) is 6.92 Å². The van der Waals surface area contributed by atoms with Crippen LogP contribution in [0.4, 0.5) is 0 Å². The summed E-state index contributed by atoms with van der Waals surface area (Å²) in [6.07, 6.45) is 2.23. The Morgan fingerprint density at radius 1 is 1.29 bits per heavy atom. The van der Waals surface area contributed by atoms with Crippen LogP contribution in [0.1, 0.15) is 47.0 Å². The van der Waals surface area contributed by atoms with E-state index >= 15 is 0 Å². The number of hydrogen-bond acceptors (Lipinski definition) is 3. The fourth-order valence-corrected chi connectivity index (χ4v) is 2.46. The van der Waals surface area contributed by atoms with E-state index < -0.39 is 17.4 Å². The summed E-state index contributed by atoms with van der Waals surface area (Å²) in [4.78, 5) is 36.7. The molecule has 6 nitrogen and oxygen atoms in total. The third kappa shape index (κ3) is 4.72. The first-order chi connectivity index (χ1) is 9.66. The summed E-state index contributed by atoms with van der Waals surface area (Å²) in [6.45, 7) is 7.62. The van der Waals surface area contributed by atoms with E-state index in [0.29, 0.717) is 18.9 Å². The molecule has 0 radical (unpaired) electrons. The highest BCUT2D eigenvalue weighted by Crippen LogP contribution is 2.25. The Bertz CT molecular complexity index is 414. The first-order valence-electron chi connectivity index (χ1n) is 7.47. The SMILES string of the molecule is CCC1CCN(C(=O)CNC(=O)C(C)(C)C)C(C(=O)O)C1. The van der Waals surface area contributed by atoms with E-state index in [4.69, 9.17) is 0 Å². The average Bonchev–Trinajstić information content (AvgIpc) is 2.42. The number of nitrogens with one attached hydrogen (secondary N) is 1. The lowest BCUT2D eigenvalue weighted by atomic mass is 9.89. The predicted molar refractivity (Wildman–Crippen MR) is 78.6 cm³/mol. The maximum Gasteiger partial charge on any atom is 0.326 e. The van der Waals surface area contributed by atoms with Crippen LogP contribution in [0.5, 0.6) is 0 Å². The summed E-state index contributed by atoms with van der Waals surface area (Å²) in [5.41, 5.74) is -0.568. The molecular weight excluding hydrogens is 272 g/mol.